The Morgan fingerprint density at radius 2 is 2.04 bits per heavy atom. The van der Waals surface area contributed by atoms with Crippen molar-refractivity contribution in [1.29, 1.82) is 0 Å². The summed E-state index contributed by atoms with van der Waals surface area (Å²) in [6.45, 7) is 0. The fourth-order valence-corrected chi connectivity index (χ4v) is 3.38. The largest absolute Gasteiger partial charge is 0.497 e. The molecule has 2 amide bonds. The van der Waals surface area contributed by atoms with Crippen LogP contribution >= 0.6 is 23.1 Å². The number of carbonyl (C=O) groups is 2. The standard InChI is InChI=1S/C16H14N4O4S2/c1-23-10-4-2-9(3-5-10)14-19-20-16(24-14)26-8-12(21)18-15-11(13(17)22)6-7-25-15/h2-7H,8H2,1H3,(H2,17,22)(H,18,21). The molecule has 2 aromatic heterocycles. The predicted molar refractivity (Wildman–Crippen MR) is 98.5 cm³/mol. The van der Waals surface area contributed by atoms with Gasteiger partial charge in [0.2, 0.25) is 11.8 Å². The van der Waals surface area contributed by atoms with Crippen LogP contribution in [-0.2, 0) is 4.79 Å². The summed E-state index contributed by atoms with van der Waals surface area (Å²) in [5.74, 6) is 0.244. The van der Waals surface area contributed by atoms with E-state index in [1.807, 2.05) is 0 Å². The Kier molecular flexibility index (Phi) is 5.54. The Balaban J connectivity index is 1.58. The summed E-state index contributed by atoms with van der Waals surface area (Å²) < 4.78 is 10.6. The number of ether oxygens (including phenoxy) is 1. The number of anilines is 1. The normalized spacial score (nSPS) is 10.5. The van der Waals surface area contributed by atoms with E-state index in [9.17, 15) is 9.59 Å². The topological polar surface area (TPSA) is 120 Å². The second-order valence-corrected chi connectivity index (χ2v) is 6.81. The molecule has 0 aliphatic heterocycles. The molecule has 0 saturated heterocycles. The molecule has 8 nitrogen and oxygen atoms in total. The van der Waals surface area contributed by atoms with Crippen LogP contribution in [0.2, 0.25) is 0 Å². The average molecular weight is 390 g/mol. The van der Waals surface area contributed by atoms with Gasteiger partial charge in [-0.15, -0.1) is 21.5 Å². The number of benzene rings is 1. The number of methoxy groups -OCH3 is 1. The van der Waals surface area contributed by atoms with Gasteiger partial charge in [0.05, 0.1) is 18.4 Å². The van der Waals surface area contributed by atoms with Crippen LogP contribution in [0.1, 0.15) is 10.4 Å². The number of thioether (sulfide) groups is 1. The molecule has 0 radical (unpaired) electrons. The van der Waals surface area contributed by atoms with Crippen LogP contribution in [0.25, 0.3) is 11.5 Å². The maximum Gasteiger partial charge on any atom is 0.277 e. The first kappa shape index (κ1) is 18.0. The minimum atomic E-state index is -0.588. The van der Waals surface area contributed by atoms with Gasteiger partial charge in [-0.1, -0.05) is 11.8 Å². The average Bonchev–Trinajstić information content (AvgIpc) is 3.29. The molecule has 3 rings (SSSR count). The van der Waals surface area contributed by atoms with Crippen molar-refractivity contribution in [2.45, 2.75) is 5.22 Å². The Hall–Kier alpha value is -2.85. The van der Waals surface area contributed by atoms with E-state index in [0.29, 0.717) is 10.9 Å². The molecule has 3 aromatic rings. The molecule has 3 N–H and O–H groups in total. The van der Waals surface area contributed by atoms with Crippen LogP contribution in [0.3, 0.4) is 0 Å². The first-order chi connectivity index (χ1) is 12.6. The molecule has 0 aliphatic carbocycles. The Morgan fingerprint density at radius 3 is 2.73 bits per heavy atom. The third-order valence-corrected chi connectivity index (χ3v) is 4.90. The van der Waals surface area contributed by atoms with Gasteiger partial charge in [-0.05, 0) is 35.7 Å². The number of rotatable bonds is 7. The van der Waals surface area contributed by atoms with Gasteiger partial charge >= 0.3 is 0 Å². The van der Waals surface area contributed by atoms with Gasteiger partial charge in [0.15, 0.2) is 0 Å². The van der Waals surface area contributed by atoms with Crippen molar-refractivity contribution in [2.24, 2.45) is 5.73 Å². The number of amides is 2. The molecular weight excluding hydrogens is 376 g/mol. The minimum absolute atomic E-state index is 0.0559. The first-order valence-corrected chi connectivity index (χ1v) is 9.21. The lowest BCUT2D eigenvalue weighted by atomic mass is 10.2. The van der Waals surface area contributed by atoms with Crippen LogP contribution in [0.5, 0.6) is 5.75 Å². The number of nitrogens with one attached hydrogen (secondary N) is 1. The number of nitrogens with zero attached hydrogens (tertiary/aromatic N) is 2. The highest BCUT2D eigenvalue weighted by atomic mass is 32.2. The SMILES string of the molecule is COc1ccc(-c2nnc(SCC(=O)Nc3sccc3C(N)=O)o2)cc1. The van der Waals surface area contributed by atoms with Crippen molar-refractivity contribution in [1.82, 2.24) is 10.2 Å². The van der Waals surface area contributed by atoms with Crippen molar-refractivity contribution in [3.8, 4) is 17.2 Å². The molecule has 134 valence electrons. The van der Waals surface area contributed by atoms with E-state index < -0.39 is 5.91 Å². The second-order valence-electron chi connectivity index (χ2n) is 4.97. The molecule has 0 fully saturated rings. The fraction of sp³-hybridized carbons (Fsp3) is 0.125. The van der Waals surface area contributed by atoms with Gasteiger partial charge < -0.3 is 20.2 Å². The lowest BCUT2D eigenvalue weighted by Crippen LogP contribution is -2.17. The summed E-state index contributed by atoms with van der Waals surface area (Å²) in [4.78, 5) is 23.3. The summed E-state index contributed by atoms with van der Waals surface area (Å²) in [5, 5.41) is 12.9. The van der Waals surface area contributed by atoms with Gasteiger partial charge in [-0.25, -0.2) is 0 Å². The molecule has 0 atom stereocenters. The lowest BCUT2D eigenvalue weighted by molar-refractivity contribution is -0.113. The van der Waals surface area contributed by atoms with Crippen LogP contribution in [0, 0.1) is 0 Å². The van der Waals surface area contributed by atoms with Crippen molar-refractivity contribution in [3.63, 3.8) is 0 Å². The molecule has 0 bridgehead atoms. The van der Waals surface area contributed by atoms with Crippen LogP contribution < -0.4 is 15.8 Å². The monoisotopic (exact) mass is 390 g/mol. The molecule has 2 heterocycles. The maximum atomic E-state index is 12.0. The quantitative estimate of drug-likeness (QED) is 0.595. The number of aromatic nitrogens is 2. The Bertz CT molecular complexity index is 920. The Morgan fingerprint density at radius 1 is 1.27 bits per heavy atom. The zero-order valence-electron chi connectivity index (χ0n) is 13.6. The van der Waals surface area contributed by atoms with E-state index in [2.05, 4.69) is 15.5 Å². The molecule has 0 saturated carbocycles. The van der Waals surface area contributed by atoms with E-state index >= 15 is 0 Å². The van der Waals surface area contributed by atoms with E-state index in [0.717, 1.165) is 23.1 Å². The highest BCUT2D eigenvalue weighted by Gasteiger charge is 2.15. The third-order valence-electron chi connectivity index (χ3n) is 3.25. The van der Waals surface area contributed by atoms with Crippen LogP contribution in [0.4, 0.5) is 5.00 Å². The molecule has 0 unspecified atom stereocenters. The van der Waals surface area contributed by atoms with E-state index in [1.165, 1.54) is 11.3 Å². The van der Waals surface area contributed by atoms with Gasteiger partial charge in [0.1, 0.15) is 10.8 Å². The zero-order chi connectivity index (χ0) is 18.5. The number of thiophene rings is 1. The summed E-state index contributed by atoms with van der Waals surface area (Å²) in [7, 11) is 1.59. The van der Waals surface area contributed by atoms with Gasteiger partial charge in [0, 0.05) is 5.56 Å². The smallest absolute Gasteiger partial charge is 0.277 e. The zero-order valence-corrected chi connectivity index (χ0v) is 15.2. The fourth-order valence-electron chi connectivity index (χ4n) is 2.01. The number of primary amides is 1. The summed E-state index contributed by atoms with van der Waals surface area (Å²) >= 11 is 2.33. The van der Waals surface area contributed by atoms with Gasteiger partial charge in [-0.2, -0.15) is 0 Å². The second kappa shape index (κ2) is 8.02. The highest BCUT2D eigenvalue weighted by Crippen LogP contribution is 2.26. The molecule has 10 heteroatoms. The first-order valence-electron chi connectivity index (χ1n) is 7.34. The lowest BCUT2D eigenvalue weighted by Gasteiger charge is -2.02. The number of hydrogen-bond acceptors (Lipinski definition) is 8. The summed E-state index contributed by atoms with van der Waals surface area (Å²) in [6, 6.07) is 8.74. The molecule has 26 heavy (non-hydrogen) atoms. The van der Waals surface area contributed by atoms with Gasteiger partial charge in [0.25, 0.3) is 11.1 Å². The minimum Gasteiger partial charge on any atom is -0.497 e. The van der Waals surface area contributed by atoms with E-state index in [4.69, 9.17) is 14.9 Å². The van der Waals surface area contributed by atoms with E-state index in [-0.39, 0.29) is 22.4 Å². The summed E-state index contributed by atoms with van der Waals surface area (Å²) in [5.41, 5.74) is 6.28. The molecular formula is C16H14N4O4S2. The van der Waals surface area contributed by atoms with Crippen molar-refractivity contribution in [3.05, 3.63) is 41.3 Å². The van der Waals surface area contributed by atoms with Crippen molar-refractivity contribution < 1.29 is 18.7 Å². The number of hydrogen-bond donors (Lipinski definition) is 2. The number of carbonyl (C=O) groups excluding carboxylic acids is 2. The van der Waals surface area contributed by atoms with E-state index in [1.54, 1.807) is 42.8 Å². The number of nitrogens with two attached hydrogens (primary N) is 1. The van der Waals surface area contributed by atoms with Crippen LogP contribution in [0.15, 0.2) is 45.4 Å². The third kappa shape index (κ3) is 4.21. The van der Waals surface area contributed by atoms with Crippen LogP contribution in [-0.4, -0.2) is 34.9 Å². The van der Waals surface area contributed by atoms with Crippen molar-refractivity contribution in [2.75, 3.05) is 18.2 Å². The summed E-state index contributed by atoms with van der Waals surface area (Å²) in [6.07, 6.45) is 0. The maximum absolute atomic E-state index is 12.0. The Labute approximate surface area is 156 Å². The molecule has 0 aliphatic rings. The highest BCUT2D eigenvalue weighted by molar-refractivity contribution is 7.99. The molecule has 0 spiro atoms. The van der Waals surface area contributed by atoms with Gasteiger partial charge in [-0.3, -0.25) is 9.59 Å². The predicted octanol–water partition coefficient (Wildman–Crippen LogP) is 2.64. The molecule has 1 aromatic carbocycles. The van der Waals surface area contributed by atoms with Crippen molar-refractivity contribution >= 4 is 39.9 Å².